The van der Waals surface area contributed by atoms with E-state index < -0.39 is 6.10 Å². The normalized spacial score (nSPS) is 12.3. The van der Waals surface area contributed by atoms with E-state index in [1.54, 1.807) is 18.6 Å². The Morgan fingerprint density at radius 2 is 1.48 bits per heavy atom. The zero-order chi connectivity index (χ0) is 19.6. The number of carbonyl (C=O) groups excluding carboxylic acids is 1. The fourth-order valence-corrected chi connectivity index (χ4v) is 3.88. The van der Waals surface area contributed by atoms with Crippen molar-refractivity contribution in [3.63, 3.8) is 0 Å². The molecule has 1 aliphatic rings. The maximum Gasteiger partial charge on any atom is 0.406 e. The molecule has 4 aromatic rings. The standard InChI is InChI=1S/C25H19N2O2/c28-25(23-16-26-14-15-27(23)17-18-8-2-1-3-9-18)29-24-21-12-6-4-10-19(21)20-11-5-7-13-22(20)24/h1-16,24H,17H2/q+1. The second-order valence-corrected chi connectivity index (χ2v) is 7.03. The van der Waals surface area contributed by atoms with Crippen LogP contribution < -0.4 is 4.57 Å². The van der Waals surface area contributed by atoms with Crippen LogP contribution in [0.1, 0.15) is 33.3 Å². The topological polar surface area (TPSA) is 43.1 Å². The van der Waals surface area contributed by atoms with E-state index >= 15 is 0 Å². The lowest BCUT2D eigenvalue weighted by atomic mass is 10.1. The summed E-state index contributed by atoms with van der Waals surface area (Å²) in [5.41, 5.74) is 5.79. The smallest absolute Gasteiger partial charge is 0.406 e. The molecule has 4 nitrogen and oxygen atoms in total. The molecular formula is C25H19N2O2+. The summed E-state index contributed by atoms with van der Waals surface area (Å²) in [6, 6.07) is 26.2. The van der Waals surface area contributed by atoms with E-state index in [9.17, 15) is 4.79 Å². The van der Waals surface area contributed by atoms with Gasteiger partial charge in [0, 0.05) is 16.7 Å². The molecular weight excluding hydrogens is 360 g/mol. The first-order valence-electron chi connectivity index (χ1n) is 9.58. The number of esters is 1. The van der Waals surface area contributed by atoms with Crippen LogP contribution >= 0.6 is 0 Å². The predicted molar refractivity (Wildman–Crippen MR) is 109 cm³/mol. The number of hydrogen-bond acceptors (Lipinski definition) is 3. The van der Waals surface area contributed by atoms with E-state index in [1.165, 1.54) is 0 Å². The third-order valence-corrected chi connectivity index (χ3v) is 5.25. The van der Waals surface area contributed by atoms with Gasteiger partial charge in [0.25, 0.3) is 0 Å². The molecule has 1 aliphatic carbocycles. The average molecular weight is 379 g/mol. The van der Waals surface area contributed by atoms with E-state index in [1.807, 2.05) is 71.3 Å². The highest BCUT2D eigenvalue weighted by atomic mass is 16.5. The Hall–Kier alpha value is -3.79. The number of hydrogen-bond donors (Lipinski definition) is 0. The first-order chi connectivity index (χ1) is 14.3. The van der Waals surface area contributed by atoms with E-state index in [-0.39, 0.29) is 5.97 Å². The zero-order valence-corrected chi connectivity index (χ0v) is 15.7. The van der Waals surface area contributed by atoms with Crippen molar-refractivity contribution in [1.82, 2.24) is 4.98 Å². The van der Waals surface area contributed by atoms with Gasteiger partial charge in [0.15, 0.2) is 18.8 Å². The number of rotatable bonds is 4. The zero-order valence-electron chi connectivity index (χ0n) is 15.7. The lowest BCUT2D eigenvalue weighted by molar-refractivity contribution is -0.691. The Labute approximate surface area is 169 Å². The molecule has 140 valence electrons. The third kappa shape index (κ3) is 3.19. The molecule has 0 atom stereocenters. The number of ether oxygens (including phenoxy) is 1. The minimum Gasteiger partial charge on any atom is -0.444 e. The van der Waals surface area contributed by atoms with E-state index in [0.717, 1.165) is 27.8 Å². The fourth-order valence-electron chi connectivity index (χ4n) is 3.88. The summed E-state index contributed by atoms with van der Waals surface area (Å²) in [5.74, 6) is -0.384. The van der Waals surface area contributed by atoms with Crippen LogP contribution in [0.4, 0.5) is 0 Å². The molecule has 5 rings (SSSR count). The second-order valence-electron chi connectivity index (χ2n) is 7.03. The molecule has 0 fully saturated rings. The molecule has 0 amide bonds. The monoisotopic (exact) mass is 379 g/mol. The lowest BCUT2D eigenvalue weighted by Crippen LogP contribution is -2.41. The number of benzene rings is 3. The number of aromatic nitrogens is 2. The first kappa shape index (κ1) is 17.3. The van der Waals surface area contributed by atoms with Gasteiger partial charge in [0.05, 0.1) is 6.20 Å². The second kappa shape index (κ2) is 7.32. The van der Waals surface area contributed by atoms with Crippen molar-refractivity contribution in [2.24, 2.45) is 0 Å². The Kier molecular flexibility index (Phi) is 4.37. The van der Waals surface area contributed by atoms with Crippen molar-refractivity contribution < 1.29 is 14.1 Å². The Morgan fingerprint density at radius 3 is 2.17 bits per heavy atom. The molecule has 0 unspecified atom stereocenters. The minimum absolute atomic E-state index is 0.384. The van der Waals surface area contributed by atoms with Crippen LogP contribution in [-0.2, 0) is 11.3 Å². The van der Waals surface area contributed by atoms with Crippen LogP contribution in [0.5, 0.6) is 0 Å². The molecule has 0 saturated carbocycles. The van der Waals surface area contributed by atoms with Crippen molar-refractivity contribution >= 4 is 5.97 Å². The number of nitrogens with zero attached hydrogens (tertiary/aromatic N) is 2. The van der Waals surface area contributed by atoms with Crippen LogP contribution in [0.2, 0.25) is 0 Å². The van der Waals surface area contributed by atoms with Crippen LogP contribution in [0.15, 0.2) is 97.5 Å². The molecule has 0 spiro atoms. The summed E-state index contributed by atoms with van der Waals surface area (Å²) in [6.07, 6.45) is 4.64. The molecule has 29 heavy (non-hydrogen) atoms. The summed E-state index contributed by atoms with van der Waals surface area (Å²) in [4.78, 5) is 17.3. The summed E-state index contributed by atoms with van der Waals surface area (Å²) in [5, 5.41) is 0. The maximum atomic E-state index is 13.1. The highest BCUT2D eigenvalue weighted by Crippen LogP contribution is 2.45. The fraction of sp³-hybridized carbons (Fsp3) is 0.0800. The molecule has 0 saturated heterocycles. The molecule has 1 heterocycles. The SMILES string of the molecule is O=C(OC1c2ccccc2-c2ccccc21)c1cncc[n+]1Cc1ccccc1. The van der Waals surface area contributed by atoms with Gasteiger partial charge >= 0.3 is 11.7 Å². The average Bonchev–Trinajstić information content (AvgIpc) is 3.09. The Morgan fingerprint density at radius 1 is 0.862 bits per heavy atom. The van der Waals surface area contributed by atoms with Crippen molar-refractivity contribution in [2.75, 3.05) is 0 Å². The van der Waals surface area contributed by atoms with Gasteiger partial charge < -0.3 is 4.74 Å². The summed E-state index contributed by atoms with van der Waals surface area (Å²) < 4.78 is 7.90. The van der Waals surface area contributed by atoms with Gasteiger partial charge in [-0.15, -0.1) is 0 Å². The molecule has 1 aromatic heterocycles. The molecule has 0 radical (unpaired) electrons. The summed E-state index contributed by atoms with van der Waals surface area (Å²) in [6.45, 7) is 0.575. The van der Waals surface area contributed by atoms with Gasteiger partial charge in [-0.3, -0.25) is 4.98 Å². The summed E-state index contributed by atoms with van der Waals surface area (Å²) >= 11 is 0. The first-order valence-corrected chi connectivity index (χ1v) is 9.58. The van der Waals surface area contributed by atoms with Crippen LogP contribution in [0, 0.1) is 0 Å². The minimum atomic E-state index is -0.416. The highest BCUT2D eigenvalue weighted by molar-refractivity contribution is 5.87. The molecule has 4 heteroatoms. The van der Waals surface area contributed by atoms with Crippen molar-refractivity contribution in [1.29, 1.82) is 0 Å². The van der Waals surface area contributed by atoms with Crippen molar-refractivity contribution in [2.45, 2.75) is 12.6 Å². The van der Waals surface area contributed by atoms with Gasteiger partial charge in [-0.25, -0.2) is 4.79 Å². The largest absolute Gasteiger partial charge is 0.444 e. The van der Waals surface area contributed by atoms with E-state index in [0.29, 0.717) is 12.2 Å². The van der Waals surface area contributed by atoms with Crippen LogP contribution in [-0.4, -0.2) is 11.0 Å². The van der Waals surface area contributed by atoms with Gasteiger partial charge in [0.2, 0.25) is 0 Å². The Bertz CT molecular complexity index is 1140. The quantitative estimate of drug-likeness (QED) is 0.391. The Balaban J connectivity index is 1.48. The molecule has 0 N–H and O–H groups in total. The van der Waals surface area contributed by atoms with Gasteiger partial charge in [0.1, 0.15) is 6.20 Å². The third-order valence-electron chi connectivity index (χ3n) is 5.25. The van der Waals surface area contributed by atoms with E-state index in [2.05, 4.69) is 17.1 Å². The van der Waals surface area contributed by atoms with Crippen LogP contribution in [0.25, 0.3) is 11.1 Å². The maximum absolute atomic E-state index is 13.1. The highest BCUT2D eigenvalue weighted by Gasteiger charge is 2.33. The molecule has 0 bridgehead atoms. The van der Waals surface area contributed by atoms with Gasteiger partial charge in [-0.2, -0.15) is 4.57 Å². The summed E-state index contributed by atoms with van der Waals surface area (Å²) in [7, 11) is 0. The molecule has 0 aliphatic heterocycles. The van der Waals surface area contributed by atoms with Crippen molar-refractivity contribution in [3.05, 3.63) is 120 Å². The van der Waals surface area contributed by atoms with Gasteiger partial charge in [-0.1, -0.05) is 78.9 Å². The van der Waals surface area contributed by atoms with E-state index in [4.69, 9.17) is 4.74 Å². The van der Waals surface area contributed by atoms with Crippen LogP contribution in [0.3, 0.4) is 0 Å². The predicted octanol–water partition coefficient (Wildman–Crippen LogP) is 4.34. The number of fused-ring (bicyclic) bond motifs is 3. The lowest BCUT2D eigenvalue weighted by Gasteiger charge is -2.14. The molecule has 3 aromatic carbocycles. The van der Waals surface area contributed by atoms with Crippen molar-refractivity contribution in [3.8, 4) is 11.1 Å². The number of carbonyl (C=O) groups is 1. The van der Waals surface area contributed by atoms with Gasteiger partial charge in [-0.05, 0) is 11.1 Å².